The lowest BCUT2D eigenvalue weighted by atomic mass is 10.0. The van der Waals surface area contributed by atoms with Crippen molar-refractivity contribution in [3.8, 4) is 5.75 Å². The molecule has 1 N–H and O–H groups in total. The van der Waals surface area contributed by atoms with Crippen LogP contribution in [0.1, 0.15) is 48.8 Å². The number of aryl methyl sites for hydroxylation is 1. The van der Waals surface area contributed by atoms with Crippen molar-refractivity contribution < 1.29 is 4.74 Å². The van der Waals surface area contributed by atoms with E-state index in [4.69, 9.17) is 4.74 Å². The van der Waals surface area contributed by atoms with Gasteiger partial charge in [-0.15, -0.1) is 24.0 Å². The number of hydrogen-bond acceptors (Lipinski definition) is 4. The SMILES string of the molecule is CN=C(NCC(c1ccccc1OC)N1CCCCC1)N1CCC(c2cnn(C)c2)C1.I. The average Bonchev–Trinajstić information content (AvgIpc) is 3.47. The van der Waals surface area contributed by atoms with Gasteiger partial charge in [0, 0.05) is 51.4 Å². The third-order valence-electron chi connectivity index (χ3n) is 6.68. The topological polar surface area (TPSA) is 57.9 Å². The van der Waals surface area contributed by atoms with E-state index in [1.807, 2.05) is 31.0 Å². The second-order valence-corrected chi connectivity index (χ2v) is 8.66. The molecule has 2 fully saturated rings. The van der Waals surface area contributed by atoms with Crippen molar-refractivity contribution in [2.45, 2.75) is 37.6 Å². The molecule has 2 saturated heterocycles. The van der Waals surface area contributed by atoms with E-state index in [0.29, 0.717) is 5.92 Å². The minimum absolute atomic E-state index is 0. The molecular weight excluding hydrogens is 515 g/mol. The highest BCUT2D eigenvalue weighted by Crippen LogP contribution is 2.31. The highest BCUT2D eigenvalue weighted by molar-refractivity contribution is 14.0. The number of benzene rings is 1. The predicted octanol–water partition coefficient (Wildman–Crippen LogP) is 3.64. The first kappa shape index (κ1) is 24.8. The molecule has 0 amide bonds. The summed E-state index contributed by atoms with van der Waals surface area (Å²) < 4.78 is 7.60. The summed E-state index contributed by atoms with van der Waals surface area (Å²) in [4.78, 5) is 9.60. The summed E-state index contributed by atoms with van der Waals surface area (Å²) in [7, 11) is 5.63. The van der Waals surface area contributed by atoms with Crippen LogP contribution in [-0.4, -0.2) is 72.4 Å². The second kappa shape index (κ2) is 11.9. The molecule has 2 unspecified atom stereocenters. The van der Waals surface area contributed by atoms with Crippen LogP contribution >= 0.6 is 24.0 Å². The van der Waals surface area contributed by atoms with E-state index in [-0.39, 0.29) is 30.0 Å². The Balaban J connectivity index is 0.00000289. The van der Waals surface area contributed by atoms with Crippen molar-refractivity contribution in [2.75, 3.05) is 46.9 Å². The molecule has 8 heteroatoms. The zero-order valence-electron chi connectivity index (χ0n) is 19.5. The Kier molecular flexibility index (Phi) is 9.22. The molecule has 0 bridgehead atoms. The van der Waals surface area contributed by atoms with Crippen LogP contribution in [0.2, 0.25) is 0 Å². The first-order chi connectivity index (χ1) is 15.2. The number of guanidine groups is 1. The van der Waals surface area contributed by atoms with Gasteiger partial charge in [-0.2, -0.15) is 5.10 Å². The fourth-order valence-corrected chi connectivity index (χ4v) is 5.00. The molecule has 4 rings (SSSR count). The number of nitrogens with one attached hydrogen (secondary N) is 1. The number of halogens is 1. The van der Waals surface area contributed by atoms with Gasteiger partial charge in [0.1, 0.15) is 5.75 Å². The van der Waals surface area contributed by atoms with Gasteiger partial charge >= 0.3 is 0 Å². The van der Waals surface area contributed by atoms with Crippen LogP contribution in [0, 0.1) is 0 Å². The molecule has 7 nitrogen and oxygen atoms in total. The summed E-state index contributed by atoms with van der Waals surface area (Å²) in [6, 6.07) is 8.70. The van der Waals surface area contributed by atoms with Crippen molar-refractivity contribution >= 4 is 29.9 Å². The molecule has 32 heavy (non-hydrogen) atoms. The Hall–Kier alpha value is -1.81. The first-order valence-electron chi connectivity index (χ1n) is 11.5. The van der Waals surface area contributed by atoms with Crippen molar-refractivity contribution in [1.82, 2.24) is 24.9 Å². The Morgan fingerprint density at radius 1 is 1.22 bits per heavy atom. The monoisotopic (exact) mass is 552 g/mol. The fourth-order valence-electron chi connectivity index (χ4n) is 5.00. The molecular formula is C24H37IN6O. The van der Waals surface area contributed by atoms with Crippen LogP contribution in [-0.2, 0) is 7.05 Å². The molecule has 1 aromatic heterocycles. The molecule has 0 saturated carbocycles. The van der Waals surface area contributed by atoms with Crippen LogP contribution in [0.4, 0.5) is 0 Å². The summed E-state index contributed by atoms with van der Waals surface area (Å²) in [5.41, 5.74) is 2.57. The van der Waals surface area contributed by atoms with Gasteiger partial charge in [0.25, 0.3) is 0 Å². The summed E-state index contributed by atoms with van der Waals surface area (Å²) >= 11 is 0. The molecule has 0 aliphatic carbocycles. The number of nitrogens with zero attached hydrogens (tertiary/aromatic N) is 5. The molecule has 1 aromatic carbocycles. The fraction of sp³-hybridized carbons (Fsp3) is 0.583. The maximum absolute atomic E-state index is 5.71. The highest BCUT2D eigenvalue weighted by Gasteiger charge is 2.29. The van der Waals surface area contributed by atoms with E-state index in [1.165, 1.54) is 30.4 Å². The van der Waals surface area contributed by atoms with Crippen LogP contribution in [0.5, 0.6) is 5.75 Å². The molecule has 2 aliphatic rings. The number of aliphatic imine (C=N–C) groups is 1. The number of aromatic nitrogens is 2. The van der Waals surface area contributed by atoms with Gasteiger partial charge in [-0.3, -0.25) is 14.6 Å². The molecule has 0 radical (unpaired) electrons. The maximum Gasteiger partial charge on any atom is 0.193 e. The van der Waals surface area contributed by atoms with E-state index in [9.17, 15) is 0 Å². The molecule has 0 spiro atoms. The highest BCUT2D eigenvalue weighted by atomic mass is 127. The van der Waals surface area contributed by atoms with Crippen molar-refractivity contribution in [3.63, 3.8) is 0 Å². The van der Waals surface area contributed by atoms with Crippen LogP contribution in [0.3, 0.4) is 0 Å². The van der Waals surface area contributed by atoms with Crippen LogP contribution < -0.4 is 10.1 Å². The largest absolute Gasteiger partial charge is 0.496 e. The average molecular weight is 553 g/mol. The Morgan fingerprint density at radius 2 is 2.00 bits per heavy atom. The van der Waals surface area contributed by atoms with E-state index in [1.54, 1.807) is 7.11 Å². The van der Waals surface area contributed by atoms with Crippen molar-refractivity contribution in [2.24, 2.45) is 12.0 Å². The zero-order chi connectivity index (χ0) is 21.6. The summed E-state index contributed by atoms with van der Waals surface area (Å²) in [5, 5.41) is 8.04. The van der Waals surface area contributed by atoms with Gasteiger partial charge in [-0.1, -0.05) is 24.6 Å². The van der Waals surface area contributed by atoms with Gasteiger partial charge in [0.05, 0.1) is 19.3 Å². The minimum Gasteiger partial charge on any atom is -0.496 e. The lowest BCUT2D eigenvalue weighted by molar-refractivity contribution is 0.161. The number of para-hydroxylation sites is 1. The standard InChI is InChI=1S/C24H36N6O.HI/c1-25-24(30-14-11-19(18-30)20-15-27-28(2)17-20)26-16-22(29-12-7-4-8-13-29)21-9-5-6-10-23(21)31-3;/h5-6,9-10,15,17,19,22H,4,7-8,11-14,16,18H2,1-3H3,(H,25,26);1H. The maximum atomic E-state index is 5.71. The third-order valence-corrected chi connectivity index (χ3v) is 6.68. The summed E-state index contributed by atoms with van der Waals surface area (Å²) in [6.45, 7) is 5.09. The second-order valence-electron chi connectivity index (χ2n) is 8.66. The number of rotatable bonds is 6. The van der Waals surface area contributed by atoms with Crippen LogP contribution in [0.25, 0.3) is 0 Å². The number of piperidine rings is 1. The molecule has 2 aromatic rings. The third kappa shape index (κ3) is 5.75. The smallest absolute Gasteiger partial charge is 0.193 e. The van der Waals surface area contributed by atoms with E-state index >= 15 is 0 Å². The lowest BCUT2D eigenvalue weighted by Crippen LogP contribution is -2.45. The Labute approximate surface area is 209 Å². The lowest BCUT2D eigenvalue weighted by Gasteiger charge is -2.36. The molecule has 176 valence electrons. The number of ether oxygens (including phenoxy) is 1. The Morgan fingerprint density at radius 3 is 2.69 bits per heavy atom. The van der Waals surface area contributed by atoms with Crippen molar-refractivity contribution in [3.05, 3.63) is 47.8 Å². The number of likely N-dealkylation sites (tertiary alicyclic amines) is 2. The minimum atomic E-state index is 0. The van der Waals surface area contributed by atoms with Gasteiger partial charge in [-0.05, 0) is 44.0 Å². The van der Waals surface area contributed by atoms with E-state index in [0.717, 1.165) is 50.9 Å². The molecule has 2 atom stereocenters. The van der Waals surface area contributed by atoms with Crippen molar-refractivity contribution in [1.29, 1.82) is 0 Å². The van der Waals surface area contributed by atoms with Crippen LogP contribution in [0.15, 0.2) is 41.7 Å². The Bertz CT molecular complexity index is 879. The molecule has 2 aliphatic heterocycles. The summed E-state index contributed by atoms with van der Waals surface area (Å²) in [6.07, 6.45) is 9.12. The van der Waals surface area contributed by atoms with Gasteiger partial charge in [-0.25, -0.2) is 0 Å². The van der Waals surface area contributed by atoms with E-state index < -0.39 is 0 Å². The number of hydrogen-bond donors (Lipinski definition) is 1. The van der Waals surface area contributed by atoms with Gasteiger partial charge in [0.2, 0.25) is 0 Å². The van der Waals surface area contributed by atoms with E-state index in [2.05, 4.69) is 49.6 Å². The van der Waals surface area contributed by atoms with Gasteiger partial charge in [0.15, 0.2) is 5.96 Å². The normalized spacial score (nSPS) is 20.7. The predicted molar refractivity (Wildman–Crippen MR) is 140 cm³/mol. The quantitative estimate of drug-likeness (QED) is 0.337. The number of methoxy groups -OCH3 is 1. The summed E-state index contributed by atoms with van der Waals surface area (Å²) in [5.74, 6) is 2.47. The molecule has 3 heterocycles. The zero-order valence-corrected chi connectivity index (χ0v) is 21.9. The van der Waals surface area contributed by atoms with Gasteiger partial charge < -0.3 is 15.0 Å². The first-order valence-corrected chi connectivity index (χ1v) is 11.5.